The maximum atomic E-state index is 5.22. The second-order valence-corrected chi connectivity index (χ2v) is 7.30. The van der Waals surface area contributed by atoms with Gasteiger partial charge in [-0.15, -0.1) is 0 Å². The fourth-order valence-electron chi connectivity index (χ4n) is 2.36. The normalized spacial score (nSPS) is 10.7. The van der Waals surface area contributed by atoms with Crippen molar-refractivity contribution in [2.45, 2.75) is 13.8 Å². The topological polar surface area (TPSA) is 27.1 Å². The average molecular weight is 357 g/mol. The summed E-state index contributed by atoms with van der Waals surface area (Å²) in [6.45, 7) is 4.24. The second-order valence-electron chi connectivity index (χ2n) is 5.02. The molecule has 3 aromatic rings. The molecule has 112 valence electrons. The zero-order valence-corrected chi connectivity index (χ0v) is 14.6. The van der Waals surface area contributed by atoms with E-state index in [4.69, 9.17) is 9.84 Å². The van der Waals surface area contributed by atoms with Crippen LogP contribution in [0.2, 0.25) is 0 Å². The van der Waals surface area contributed by atoms with Crippen molar-refractivity contribution >= 4 is 23.9 Å². The number of ether oxygens (including phenoxy) is 1. The van der Waals surface area contributed by atoms with Gasteiger partial charge in [0.25, 0.3) is 0 Å². The molecule has 1 aromatic heterocycles. The molecule has 0 unspecified atom stereocenters. The molecule has 0 spiro atoms. The van der Waals surface area contributed by atoms with Crippen molar-refractivity contribution in [1.82, 2.24) is 9.78 Å². The fourth-order valence-corrected chi connectivity index (χ4v) is 4.31. The summed E-state index contributed by atoms with van der Waals surface area (Å²) in [5.41, 5.74) is 3.44. The van der Waals surface area contributed by atoms with E-state index in [0.717, 1.165) is 17.1 Å². The van der Waals surface area contributed by atoms with Crippen molar-refractivity contribution in [2.24, 2.45) is 0 Å². The summed E-state index contributed by atoms with van der Waals surface area (Å²) in [4.78, 5) is 0. The van der Waals surface area contributed by atoms with E-state index in [1.807, 2.05) is 35.0 Å². The third-order valence-corrected chi connectivity index (χ3v) is 6.24. The first kappa shape index (κ1) is 14.9. The van der Waals surface area contributed by atoms with Crippen LogP contribution in [0.5, 0.6) is 5.75 Å². The summed E-state index contributed by atoms with van der Waals surface area (Å²) < 4.78 is 9.93. The predicted molar refractivity (Wildman–Crippen MR) is 91.1 cm³/mol. The molecule has 0 aliphatic carbocycles. The number of aryl methyl sites for hydroxylation is 1. The van der Waals surface area contributed by atoms with Crippen LogP contribution in [-0.4, -0.2) is 31.8 Å². The van der Waals surface area contributed by atoms with Gasteiger partial charge in [-0.3, -0.25) is 0 Å². The Balaban J connectivity index is 1.92. The van der Waals surface area contributed by atoms with E-state index < -0.39 is 0 Å². The molecule has 22 heavy (non-hydrogen) atoms. The van der Waals surface area contributed by atoms with Gasteiger partial charge in [0.15, 0.2) is 0 Å². The van der Waals surface area contributed by atoms with Crippen LogP contribution in [-0.2, 0) is 0 Å². The Kier molecular flexibility index (Phi) is 4.32. The molecule has 0 bridgehead atoms. The van der Waals surface area contributed by atoms with E-state index in [0.29, 0.717) is 0 Å². The van der Waals surface area contributed by atoms with Gasteiger partial charge in [0, 0.05) is 0 Å². The Morgan fingerprint density at radius 1 is 0.955 bits per heavy atom. The van der Waals surface area contributed by atoms with Crippen molar-refractivity contribution < 1.29 is 4.74 Å². The molecule has 0 fully saturated rings. The molecule has 0 saturated heterocycles. The van der Waals surface area contributed by atoms with Gasteiger partial charge in [0.1, 0.15) is 0 Å². The van der Waals surface area contributed by atoms with Crippen LogP contribution in [0.4, 0.5) is 0 Å². The molecule has 0 aliphatic rings. The summed E-state index contributed by atoms with van der Waals surface area (Å²) in [5.74, 6) is 0.896. The van der Waals surface area contributed by atoms with E-state index in [2.05, 4.69) is 38.1 Å². The van der Waals surface area contributed by atoms with Crippen molar-refractivity contribution in [2.75, 3.05) is 7.11 Å². The van der Waals surface area contributed by atoms with Gasteiger partial charge >= 0.3 is 137 Å². The maximum absolute atomic E-state index is 5.22. The van der Waals surface area contributed by atoms with E-state index >= 15 is 0 Å². The number of nitrogens with zero attached hydrogens (tertiary/aromatic N) is 2. The van der Waals surface area contributed by atoms with Crippen LogP contribution < -0.4 is 13.7 Å². The first-order valence-corrected chi connectivity index (χ1v) is 8.84. The number of aromatic nitrogens is 2. The molecule has 0 saturated carbocycles. The van der Waals surface area contributed by atoms with Gasteiger partial charge in [-0.1, -0.05) is 0 Å². The Labute approximate surface area is 137 Å². The number of methoxy groups -OCH3 is 1. The van der Waals surface area contributed by atoms with Gasteiger partial charge in [-0.05, 0) is 0 Å². The van der Waals surface area contributed by atoms with Crippen LogP contribution in [0, 0.1) is 13.8 Å². The predicted octanol–water partition coefficient (Wildman–Crippen LogP) is 2.15. The van der Waals surface area contributed by atoms with Crippen molar-refractivity contribution in [3.05, 3.63) is 66.0 Å². The molecule has 1 heterocycles. The Bertz CT molecular complexity index is 764. The van der Waals surface area contributed by atoms with Crippen molar-refractivity contribution in [3.8, 4) is 11.4 Å². The molecule has 0 amide bonds. The minimum absolute atomic E-state index is 0.244. The van der Waals surface area contributed by atoms with Gasteiger partial charge in [-0.25, -0.2) is 0 Å². The van der Waals surface area contributed by atoms with E-state index in [1.165, 1.54) is 14.6 Å². The summed E-state index contributed by atoms with van der Waals surface area (Å²) in [7, 11) is 1.69. The molecule has 0 N–H and O–H groups in total. The number of rotatable bonds is 4. The van der Waals surface area contributed by atoms with Crippen LogP contribution in [0.25, 0.3) is 5.69 Å². The number of para-hydroxylation sites is 1. The molecule has 3 nitrogen and oxygen atoms in total. The van der Waals surface area contributed by atoms with Gasteiger partial charge < -0.3 is 0 Å². The van der Waals surface area contributed by atoms with Crippen LogP contribution in [0.15, 0.2) is 54.6 Å². The number of hydrogen-bond acceptors (Lipinski definition) is 2. The summed E-state index contributed by atoms with van der Waals surface area (Å²) in [6.07, 6.45) is 0. The summed E-state index contributed by atoms with van der Waals surface area (Å²) >= 11 is 0.244. The molecule has 0 atom stereocenters. The van der Waals surface area contributed by atoms with E-state index in [9.17, 15) is 0 Å². The molecule has 3 rings (SSSR count). The van der Waals surface area contributed by atoms with Crippen molar-refractivity contribution in [1.29, 1.82) is 0 Å². The van der Waals surface area contributed by atoms with Crippen molar-refractivity contribution in [3.63, 3.8) is 0 Å². The van der Waals surface area contributed by atoms with E-state index in [-0.39, 0.29) is 15.0 Å². The van der Waals surface area contributed by atoms with Crippen LogP contribution in [0.1, 0.15) is 11.4 Å². The van der Waals surface area contributed by atoms with Crippen LogP contribution in [0.3, 0.4) is 0 Å². The molecule has 2 aromatic carbocycles. The Hall–Kier alpha value is -2.03. The first-order valence-electron chi connectivity index (χ1n) is 7.12. The molecule has 0 aliphatic heterocycles. The van der Waals surface area contributed by atoms with Gasteiger partial charge in [0.2, 0.25) is 0 Å². The minimum atomic E-state index is 0.244. The number of hydrogen-bond donors (Lipinski definition) is 0. The Morgan fingerprint density at radius 3 is 2.27 bits per heavy atom. The fraction of sp³-hybridized carbons (Fsp3) is 0.167. The third kappa shape index (κ3) is 2.94. The van der Waals surface area contributed by atoms with E-state index in [1.54, 1.807) is 7.11 Å². The van der Waals surface area contributed by atoms with Gasteiger partial charge in [-0.2, -0.15) is 0 Å². The average Bonchev–Trinajstić information content (AvgIpc) is 2.84. The quantitative estimate of drug-likeness (QED) is 0.669. The molecule has 0 radical (unpaired) electrons. The third-order valence-electron chi connectivity index (χ3n) is 3.51. The SMILES string of the molecule is COc1ccc([Se]c2c(C)nn(-c3ccccc3)c2C)cc1. The monoisotopic (exact) mass is 358 g/mol. The zero-order chi connectivity index (χ0) is 15.5. The number of benzene rings is 2. The summed E-state index contributed by atoms with van der Waals surface area (Å²) in [6, 6.07) is 18.6. The molecular formula is C18H18N2OSe. The second kappa shape index (κ2) is 6.39. The molecular weight excluding hydrogens is 339 g/mol. The van der Waals surface area contributed by atoms with Gasteiger partial charge in [0.05, 0.1) is 0 Å². The summed E-state index contributed by atoms with van der Waals surface area (Å²) in [5, 5.41) is 4.72. The first-order chi connectivity index (χ1) is 10.7. The Morgan fingerprint density at radius 2 is 1.64 bits per heavy atom. The standard InChI is InChI=1S/C18H18N2OSe/c1-13-18(22-17-11-9-16(21-3)10-12-17)14(2)20(19-13)15-7-5-4-6-8-15/h4-12H,1-3H3. The zero-order valence-electron chi connectivity index (χ0n) is 12.9. The van der Waals surface area contributed by atoms with Crippen LogP contribution >= 0.6 is 0 Å². The molecule has 4 heteroatoms.